The third-order valence-corrected chi connectivity index (χ3v) is 2.73. The summed E-state index contributed by atoms with van der Waals surface area (Å²) in [6.07, 6.45) is 0. The first-order valence-corrected chi connectivity index (χ1v) is 6.07. The minimum absolute atomic E-state index is 0. The summed E-state index contributed by atoms with van der Waals surface area (Å²) >= 11 is 0. The number of rotatable bonds is 5. The van der Waals surface area contributed by atoms with Crippen LogP contribution < -0.4 is 0 Å². The van der Waals surface area contributed by atoms with Gasteiger partial charge in [-0.05, 0) is 20.0 Å². The second-order valence-corrected chi connectivity index (χ2v) is 4.50. The number of aliphatic imine (C=N–C) groups is 1. The molecule has 1 atom stereocenters. The summed E-state index contributed by atoms with van der Waals surface area (Å²) in [5.41, 5.74) is 0. The van der Waals surface area contributed by atoms with Gasteiger partial charge in [0.25, 0.3) is 0 Å². The van der Waals surface area contributed by atoms with Crippen molar-refractivity contribution in [3.05, 3.63) is 0 Å². The fraction of sp³-hybridized carbons (Fsp3) is 0.917. The van der Waals surface area contributed by atoms with Crippen molar-refractivity contribution in [2.24, 2.45) is 4.99 Å². The third-order valence-electron chi connectivity index (χ3n) is 2.73. The van der Waals surface area contributed by atoms with E-state index in [-0.39, 0.29) is 24.0 Å². The number of hydrogen-bond donors (Lipinski definition) is 0. The van der Waals surface area contributed by atoms with Gasteiger partial charge in [-0.3, -0.25) is 9.89 Å². The molecule has 5 heteroatoms. The van der Waals surface area contributed by atoms with Crippen LogP contribution in [0.15, 0.2) is 4.99 Å². The molecule has 0 spiro atoms. The minimum Gasteiger partial charge on any atom is -0.349 e. The molecule has 0 aliphatic rings. The van der Waals surface area contributed by atoms with Gasteiger partial charge >= 0.3 is 0 Å². The lowest BCUT2D eigenvalue weighted by Gasteiger charge is -2.27. The van der Waals surface area contributed by atoms with Crippen LogP contribution in [-0.2, 0) is 0 Å². The first-order chi connectivity index (χ1) is 7.43. The number of halogens is 1. The maximum Gasteiger partial charge on any atom is 0.195 e. The van der Waals surface area contributed by atoms with Gasteiger partial charge in [0.15, 0.2) is 5.96 Å². The quantitative estimate of drug-likeness (QED) is 0.426. The summed E-state index contributed by atoms with van der Waals surface area (Å²) in [7, 11) is 8.11. The topological polar surface area (TPSA) is 22.1 Å². The van der Waals surface area contributed by atoms with Crippen molar-refractivity contribution >= 4 is 29.9 Å². The van der Waals surface area contributed by atoms with Crippen LogP contribution in [-0.4, -0.2) is 74.5 Å². The highest BCUT2D eigenvalue weighted by atomic mass is 127. The van der Waals surface area contributed by atoms with Gasteiger partial charge in [-0.2, -0.15) is 0 Å². The van der Waals surface area contributed by atoms with Gasteiger partial charge in [-0.25, -0.2) is 0 Å². The summed E-state index contributed by atoms with van der Waals surface area (Å²) < 4.78 is 0. The lowest BCUT2D eigenvalue weighted by Crippen LogP contribution is -2.39. The molecule has 104 valence electrons. The highest BCUT2D eigenvalue weighted by Gasteiger charge is 2.10. The van der Waals surface area contributed by atoms with Crippen LogP contribution in [0.1, 0.15) is 20.8 Å². The van der Waals surface area contributed by atoms with Gasteiger partial charge in [0, 0.05) is 34.2 Å². The molecule has 0 N–H and O–H groups in total. The van der Waals surface area contributed by atoms with Gasteiger partial charge in [-0.1, -0.05) is 13.8 Å². The first-order valence-electron chi connectivity index (χ1n) is 6.07. The van der Waals surface area contributed by atoms with Gasteiger partial charge in [0.1, 0.15) is 0 Å². The second kappa shape index (κ2) is 9.94. The molecule has 4 nitrogen and oxygen atoms in total. The van der Waals surface area contributed by atoms with Crippen molar-refractivity contribution in [3.63, 3.8) is 0 Å². The molecule has 0 aliphatic heterocycles. The van der Waals surface area contributed by atoms with E-state index in [0.29, 0.717) is 6.04 Å². The van der Waals surface area contributed by atoms with Crippen molar-refractivity contribution in [1.82, 2.24) is 14.7 Å². The summed E-state index contributed by atoms with van der Waals surface area (Å²) in [4.78, 5) is 11.2. The summed E-state index contributed by atoms with van der Waals surface area (Å²) in [5.74, 6) is 1.03. The van der Waals surface area contributed by atoms with Crippen LogP contribution in [0.5, 0.6) is 0 Å². The smallest absolute Gasteiger partial charge is 0.195 e. The molecular weight excluding hydrogens is 327 g/mol. The average Bonchev–Trinajstić information content (AvgIpc) is 2.18. The molecular formula is C12H29IN4. The van der Waals surface area contributed by atoms with E-state index in [1.807, 2.05) is 28.2 Å². The van der Waals surface area contributed by atoms with Crippen LogP contribution in [0.2, 0.25) is 0 Å². The van der Waals surface area contributed by atoms with Crippen molar-refractivity contribution in [2.75, 3.05) is 47.8 Å². The molecule has 0 aromatic rings. The summed E-state index contributed by atoms with van der Waals surface area (Å²) in [5, 5.41) is 0. The van der Waals surface area contributed by atoms with Crippen LogP contribution in [0.25, 0.3) is 0 Å². The van der Waals surface area contributed by atoms with Gasteiger partial charge in [0.05, 0.1) is 6.54 Å². The lowest BCUT2D eigenvalue weighted by atomic mass is 10.3. The molecule has 0 rings (SSSR count). The molecule has 0 saturated heterocycles. The Hall–Kier alpha value is -0.0400. The Labute approximate surface area is 124 Å². The average molecular weight is 356 g/mol. The van der Waals surface area contributed by atoms with Gasteiger partial charge in [0.2, 0.25) is 0 Å². The van der Waals surface area contributed by atoms with Crippen molar-refractivity contribution in [2.45, 2.75) is 26.8 Å². The van der Waals surface area contributed by atoms with Crippen molar-refractivity contribution < 1.29 is 0 Å². The number of nitrogens with zero attached hydrogens (tertiary/aromatic N) is 4. The molecule has 17 heavy (non-hydrogen) atoms. The Bertz CT molecular complexity index is 203. The van der Waals surface area contributed by atoms with E-state index in [1.165, 1.54) is 0 Å². The highest BCUT2D eigenvalue weighted by Crippen LogP contribution is 2.00. The molecule has 0 aliphatic carbocycles. The van der Waals surface area contributed by atoms with Gasteiger partial charge < -0.3 is 9.80 Å². The van der Waals surface area contributed by atoms with Crippen molar-refractivity contribution in [3.8, 4) is 0 Å². The van der Waals surface area contributed by atoms with E-state index in [4.69, 9.17) is 0 Å². The maximum atomic E-state index is 4.67. The summed E-state index contributed by atoms with van der Waals surface area (Å²) in [6, 6.07) is 0.505. The SMILES string of the molecule is CCN(CC)C(C)CN=C(N(C)C)N(C)C.I. The Balaban J connectivity index is 0. The zero-order chi connectivity index (χ0) is 12.7. The molecule has 0 radical (unpaired) electrons. The third kappa shape index (κ3) is 7.08. The molecule has 0 fully saturated rings. The maximum absolute atomic E-state index is 4.67. The number of hydrogen-bond acceptors (Lipinski definition) is 2. The fourth-order valence-corrected chi connectivity index (χ4v) is 1.86. The van der Waals surface area contributed by atoms with Crippen LogP contribution >= 0.6 is 24.0 Å². The predicted octanol–water partition coefficient (Wildman–Crippen LogP) is 1.81. The Morgan fingerprint density at radius 2 is 1.41 bits per heavy atom. The van der Waals surface area contributed by atoms with E-state index in [0.717, 1.165) is 25.6 Å². The largest absolute Gasteiger partial charge is 0.349 e. The molecule has 0 heterocycles. The van der Waals surface area contributed by atoms with Crippen molar-refractivity contribution in [1.29, 1.82) is 0 Å². The standard InChI is InChI=1S/C12H28N4.HI/c1-8-16(9-2)11(3)10-13-12(14(4)5)15(6)7;/h11H,8-10H2,1-7H3;1H. The Morgan fingerprint density at radius 1 is 1.00 bits per heavy atom. The van der Waals surface area contributed by atoms with E-state index in [9.17, 15) is 0 Å². The first kappa shape index (κ1) is 19.3. The molecule has 0 bridgehead atoms. The molecule has 0 saturated carbocycles. The van der Waals surface area contributed by atoms with E-state index in [1.54, 1.807) is 0 Å². The Morgan fingerprint density at radius 3 is 1.71 bits per heavy atom. The predicted molar refractivity (Wildman–Crippen MR) is 87.5 cm³/mol. The van der Waals surface area contributed by atoms with Crippen LogP contribution in [0.4, 0.5) is 0 Å². The monoisotopic (exact) mass is 356 g/mol. The minimum atomic E-state index is 0. The number of likely N-dealkylation sites (N-methyl/N-ethyl adjacent to an activating group) is 1. The van der Waals surface area contributed by atoms with Gasteiger partial charge in [-0.15, -0.1) is 24.0 Å². The zero-order valence-corrected chi connectivity index (χ0v) is 14.7. The lowest BCUT2D eigenvalue weighted by molar-refractivity contribution is 0.236. The van der Waals surface area contributed by atoms with E-state index >= 15 is 0 Å². The molecule has 1 unspecified atom stereocenters. The molecule has 0 aromatic carbocycles. The highest BCUT2D eigenvalue weighted by molar-refractivity contribution is 14.0. The van der Waals surface area contributed by atoms with Crippen LogP contribution in [0.3, 0.4) is 0 Å². The van der Waals surface area contributed by atoms with E-state index < -0.39 is 0 Å². The zero-order valence-electron chi connectivity index (χ0n) is 12.4. The molecule has 0 amide bonds. The van der Waals surface area contributed by atoms with Crippen LogP contribution in [0, 0.1) is 0 Å². The second-order valence-electron chi connectivity index (χ2n) is 4.50. The Kier molecular flexibility index (Phi) is 11.3. The fourth-order valence-electron chi connectivity index (χ4n) is 1.86. The normalized spacial score (nSPS) is 11.8. The molecule has 0 aromatic heterocycles. The van der Waals surface area contributed by atoms with E-state index in [2.05, 4.69) is 40.5 Å². The summed E-state index contributed by atoms with van der Waals surface area (Å²) in [6.45, 7) is 9.66. The number of guanidine groups is 1.